The SMILES string of the molecule is CCc1nc(N)c2cccc(F)c2n1. The lowest BCUT2D eigenvalue weighted by atomic mass is 10.2. The third kappa shape index (κ3) is 1.28. The molecule has 2 N–H and O–H groups in total. The summed E-state index contributed by atoms with van der Waals surface area (Å²) in [6, 6.07) is 4.68. The minimum absolute atomic E-state index is 0.303. The predicted molar refractivity (Wildman–Crippen MR) is 53.3 cm³/mol. The van der Waals surface area contributed by atoms with Gasteiger partial charge in [0.15, 0.2) is 0 Å². The van der Waals surface area contributed by atoms with Crippen molar-refractivity contribution >= 4 is 16.7 Å². The fourth-order valence-corrected chi connectivity index (χ4v) is 1.35. The summed E-state index contributed by atoms with van der Waals surface area (Å²) in [5.74, 6) is 0.553. The minimum Gasteiger partial charge on any atom is -0.383 e. The van der Waals surface area contributed by atoms with Gasteiger partial charge in [-0.2, -0.15) is 0 Å². The highest BCUT2D eigenvalue weighted by atomic mass is 19.1. The molecule has 0 amide bonds. The molecule has 1 heterocycles. The zero-order valence-corrected chi connectivity index (χ0v) is 7.79. The van der Waals surface area contributed by atoms with E-state index in [2.05, 4.69) is 9.97 Å². The summed E-state index contributed by atoms with van der Waals surface area (Å²) in [7, 11) is 0. The zero-order valence-electron chi connectivity index (χ0n) is 7.79. The van der Waals surface area contributed by atoms with Crippen molar-refractivity contribution in [1.82, 2.24) is 9.97 Å². The van der Waals surface area contributed by atoms with Crippen LogP contribution in [0, 0.1) is 5.82 Å². The van der Waals surface area contributed by atoms with Gasteiger partial charge in [0, 0.05) is 11.8 Å². The van der Waals surface area contributed by atoms with Crippen molar-refractivity contribution in [2.45, 2.75) is 13.3 Å². The Morgan fingerprint density at radius 1 is 1.36 bits per heavy atom. The van der Waals surface area contributed by atoms with E-state index in [1.807, 2.05) is 6.92 Å². The first kappa shape index (κ1) is 8.87. The molecule has 14 heavy (non-hydrogen) atoms. The molecule has 72 valence electrons. The molecule has 0 atom stereocenters. The third-order valence-corrected chi connectivity index (χ3v) is 2.07. The molecular weight excluding hydrogens is 181 g/mol. The highest BCUT2D eigenvalue weighted by molar-refractivity contribution is 5.88. The van der Waals surface area contributed by atoms with Crippen LogP contribution in [0.2, 0.25) is 0 Å². The van der Waals surface area contributed by atoms with E-state index >= 15 is 0 Å². The van der Waals surface area contributed by atoms with Gasteiger partial charge in [-0.15, -0.1) is 0 Å². The number of hydrogen-bond acceptors (Lipinski definition) is 3. The van der Waals surface area contributed by atoms with Crippen LogP contribution in [0.15, 0.2) is 18.2 Å². The molecule has 0 saturated heterocycles. The van der Waals surface area contributed by atoms with Crippen molar-refractivity contribution in [3.05, 3.63) is 29.8 Å². The average Bonchev–Trinajstić information content (AvgIpc) is 2.19. The number of aryl methyl sites for hydroxylation is 1. The Morgan fingerprint density at radius 2 is 2.14 bits per heavy atom. The highest BCUT2D eigenvalue weighted by Gasteiger charge is 2.07. The lowest BCUT2D eigenvalue weighted by molar-refractivity contribution is 0.635. The Bertz CT molecular complexity index is 482. The zero-order chi connectivity index (χ0) is 10.1. The second-order valence-corrected chi connectivity index (χ2v) is 3.01. The number of benzene rings is 1. The molecule has 0 aliphatic heterocycles. The fourth-order valence-electron chi connectivity index (χ4n) is 1.35. The Kier molecular flexibility index (Phi) is 2.04. The van der Waals surface area contributed by atoms with E-state index in [4.69, 9.17) is 5.73 Å². The lowest BCUT2D eigenvalue weighted by Crippen LogP contribution is -2.00. The maximum absolute atomic E-state index is 13.3. The molecule has 1 aromatic heterocycles. The topological polar surface area (TPSA) is 51.8 Å². The van der Waals surface area contributed by atoms with Crippen molar-refractivity contribution in [1.29, 1.82) is 0 Å². The number of aromatic nitrogens is 2. The lowest BCUT2D eigenvalue weighted by Gasteiger charge is -2.03. The molecule has 2 rings (SSSR count). The highest BCUT2D eigenvalue weighted by Crippen LogP contribution is 2.20. The number of para-hydroxylation sites is 1. The summed E-state index contributed by atoms with van der Waals surface area (Å²) >= 11 is 0. The molecule has 0 spiro atoms. The van der Waals surface area contributed by atoms with Crippen molar-refractivity contribution < 1.29 is 4.39 Å². The van der Waals surface area contributed by atoms with Gasteiger partial charge in [-0.05, 0) is 12.1 Å². The van der Waals surface area contributed by atoms with Gasteiger partial charge in [0.25, 0.3) is 0 Å². The van der Waals surface area contributed by atoms with Crippen LogP contribution >= 0.6 is 0 Å². The monoisotopic (exact) mass is 191 g/mol. The number of anilines is 1. The number of fused-ring (bicyclic) bond motifs is 1. The van der Waals surface area contributed by atoms with Crippen molar-refractivity contribution in [2.24, 2.45) is 0 Å². The van der Waals surface area contributed by atoms with Crippen LogP contribution in [-0.4, -0.2) is 9.97 Å². The Morgan fingerprint density at radius 3 is 2.86 bits per heavy atom. The average molecular weight is 191 g/mol. The van der Waals surface area contributed by atoms with E-state index in [1.165, 1.54) is 6.07 Å². The smallest absolute Gasteiger partial charge is 0.149 e. The van der Waals surface area contributed by atoms with Gasteiger partial charge in [-0.25, -0.2) is 14.4 Å². The first-order valence-electron chi connectivity index (χ1n) is 4.43. The Balaban J connectivity index is 2.83. The summed E-state index contributed by atoms with van der Waals surface area (Å²) in [5.41, 5.74) is 5.99. The van der Waals surface area contributed by atoms with Gasteiger partial charge < -0.3 is 5.73 Å². The summed E-state index contributed by atoms with van der Waals surface area (Å²) in [6.07, 6.45) is 0.647. The van der Waals surface area contributed by atoms with Crippen molar-refractivity contribution in [2.75, 3.05) is 5.73 Å². The summed E-state index contributed by atoms with van der Waals surface area (Å²) in [4.78, 5) is 8.15. The number of nitrogens with zero attached hydrogens (tertiary/aromatic N) is 2. The number of nitrogens with two attached hydrogens (primary N) is 1. The van der Waals surface area contributed by atoms with Gasteiger partial charge in [-0.1, -0.05) is 13.0 Å². The Hall–Kier alpha value is -1.71. The molecule has 0 unspecified atom stereocenters. The molecule has 1 aromatic carbocycles. The van der Waals surface area contributed by atoms with Crippen LogP contribution in [0.4, 0.5) is 10.2 Å². The summed E-state index contributed by atoms with van der Waals surface area (Å²) in [5, 5.41) is 0.571. The number of halogens is 1. The summed E-state index contributed by atoms with van der Waals surface area (Å²) < 4.78 is 13.3. The van der Waals surface area contributed by atoms with E-state index < -0.39 is 0 Å². The maximum atomic E-state index is 13.3. The van der Waals surface area contributed by atoms with E-state index in [-0.39, 0.29) is 5.82 Å². The first-order chi connectivity index (χ1) is 6.72. The largest absolute Gasteiger partial charge is 0.383 e. The molecular formula is C10H10FN3. The van der Waals surface area contributed by atoms with Gasteiger partial charge in [0.05, 0.1) is 0 Å². The molecule has 4 heteroatoms. The quantitative estimate of drug-likeness (QED) is 0.749. The summed E-state index contributed by atoms with van der Waals surface area (Å²) in [6.45, 7) is 1.90. The number of nitrogen functional groups attached to an aromatic ring is 1. The molecule has 0 fully saturated rings. The van der Waals surface area contributed by atoms with Crippen molar-refractivity contribution in [3.8, 4) is 0 Å². The van der Waals surface area contributed by atoms with E-state index in [0.29, 0.717) is 29.0 Å². The Labute approximate surface area is 80.8 Å². The minimum atomic E-state index is -0.355. The van der Waals surface area contributed by atoms with Gasteiger partial charge >= 0.3 is 0 Å². The maximum Gasteiger partial charge on any atom is 0.149 e. The number of rotatable bonds is 1. The van der Waals surface area contributed by atoms with Crippen LogP contribution < -0.4 is 5.73 Å². The molecule has 3 nitrogen and oxygen atoms in total. The second kappa shape index (κ2) is 3.21. The van der Waals surface area contributed by atoms with Crippen molar-refractivity contribution in [3.63, 3.8) is 0 Å². The van der Waals surface area contributed by atoms with E-state index in [9.17, 15) is 4.39 Å². The van der Waals surface area contributed by atoms with Crippen LogP contribution in [-0.2, 0) is 6.42 Å². The van der Waals surface area contributed by atoms with Gasteiger partial charge in [0.1, 0.15) is 23.0 Å². The molecule has 0 aliphatic carbocycles. The van der Waals surface area contributed by atoms with Gasteiger partial charge in [0.2, 0.25) is 0 Å². The normalized spacial score (nSPS) is 10.7. The van der Waals surface area contributed by atoms with Crippen LogP contribution in [0.1, 0.15) is 12.7 Å². The second-order valence-electron chi connectivity index (χ2n) is 3.01. The van der Waals surface area contributed by atoms with E-state index in [1.54, 1.807) is 12.1 Å². The van der Waals surface area contributed by atoms with Crippen LogP contribution in [0.3, 0.4) is 0 Å². The molecule has 0 saturated carbocycles. The van der Waals surface area contributed by atoms with Crippen LogP contribution in [0.25, 0.3) is 10.9 Å². The van der Waals surface area contributed by atoms with Gasteiger partial charge in [-0.3, -0.25) is 0 Å². The molecule has 2 aromatic rings. The van der Waals surface area contributed by atoms with Crippen LogP contribution in [0.5, 0.6) is 0 Å². The molecule has 0 aliphatic rings. The predicted octanol–water partition coefficient (Wildman–Crippen LogP) is 1.91. The first-order valence-corrected chi connectivity index (χ1v) is 4.43. The fraction of sp³-hybridized carbons (Fsp3) is 0.200. The third-order valence-electron chi connectivity index (χ3n) is 2.07. The van der Waals surface area contributed by atoms with E-state index in [0.717, 1.165) is 0 Å². The molecule has 0 radical (unpaired) electrons. The number of hydrogen-bond donors (Lipinski definition) is 1. The standard InChI is InChI=1S/C10H10FN3/c1-2-8-13-9-6(10(12)14-8)4-3-5-7(9)11/h3-5H,2H2,1H3,(H2,12,13,14). The molecule has 0 bridgehead atoms.